The molecule has 3 rings (SSSR count). The van der Waals surface area contributed by atoms with Crippen LogP contribution in [-0.4, -0.2) is 23.5 Å². The van der Waals surface area contributed by atoms with Crippen LogP contribution in [-0.2, 0) is 0 Å². The first-order valence-corrected chi connectivity index (χ1v) is 7.38. The molecule has 1 amide bonds. The van der Waals surface area contributed by atoms with E-state index < -0.39 is 5.82 Å². The fourth-order valence-corrected chi connectivity index (χ4v) is 3.58. The smallest absolute Gasteiger partial charge is 0.254 e. The number of fused-ring (bicyclic) bond motifs is 2. The maximum Gasteiger partial charge on any atom is 0.254 e. The van der Waals surface area contributed by atoms with Crippen molar-refractivity contribution in [3.05, 3.63) is 23.6 Å². The number of hydrogen-bond donors (Lipinski definition) is 2. The second kappa shape index (κ2) is 5.38. The summed E-state index contributed by atoms with van der Waals surface area (Å²) in [4.78, 5) is 16.2. The van der Waals surface area contributed by atoms with Crippen LogP contribution < -0.4 is 10.6 Å². The first-order chi connectivity index (χ1) is 9.69. The predicted molar refractivity (Wildman–Crippen MR) is 75.1 cm³/mol. The Morgan fingerprint density at radius 2 is 2.30 bits per heavy atom. The van der Waals surface area contributed by atoms with Gasteiger partial charge in [-0.05, 0) is 44.1 Å². The minimum Gasteiger partial charge on any atom is -0.368 e. The Kier molecular flexibility index (Phi) is 3.59. The zero-order valence-electron chi connectivity index (χ0n) is 11.7. The van der Waals surface area contributed by atoms with Crippen molar-refractivity contribution in [2.24, 2.45) is 11.8 Å². The van der Waals surface area contributed by atoms with E-state index in [1.165, 1.54) is 31.5 Å². The Balaban J connectivity index is 1.72. The predicted octanol–water partition coefficient (Wildman–Crippen LogP) is 2.57. The minimum atomic E-state index is -0.560. The summed E-state index contributed by atoms with van der Waals surface area (Å²) in [6.07, 6.45) is 6.20. The Labute approximate surface area is 118 Å². The second-order valence-electron chi connectivity index (χ2n) is 5.81. The van der Waals surface area contributed by atoms with Crippen LogP contribution >= 0.6 is 0 Å². The van der Waals surface area contributed by atoms with Gasteiger partial charge in [-0.15, -0.1) is 0 Å². The fourth-order valence-electron chi connectivity index (χ4n) is 3.58. The van der Waals surface area contributed by atoms with Gasteiger partial charge < -0.3 is 10.6 Å². The second-order valence-corrected chi connectivity index (χ2v) is 5.81. The highest BCUT2D eigenvalue weighted by Crippen LogP contribution is 2.44. The normalized spacial score (nSPS) is 27.6. The van der Waals surface area contributed by atoms with Crippen molar-refractivity contribution in [1.82, 2.24) is 10.3 Å². The lowest BCUT2D eigenvalue weighted by molar-refractivity contribution is 0.0918. The van der Waals surface area contributed by atoms with Gasteiger partial charge >= 0.3 is 0 Å². The first-order valence-electron chi connectivity index (χ1n) is 7.38. The maximum absolute atomic E-state index is 14.2. The Bertz CT molecular complexity index is 520. The highest BCUT2D eigenvalue weighted by Gasteiger charge is 2.40. The van der Waals surface area contributed by atoms with E-state index in [9.17, 15) is 9.18 Å². The molecule has 108 valence electrons. The SMILES string of the molecule is CCNc1nccc(C(=O)NC2CC3CCC2C3)c1F. The van der Waals surface area contributed by atoms with E-state index in [0.717, 1.165) is 12.3 Å². The largest absolute Gasteiger partial charge is 0.368 e. The molecule has 0 aromatic carbocycles. The molecule has 2 aliphatic rings. The quantitative estimate of drug-likeness (QED) is 0.889. The molecule has 1 aromatic rings. The number of nitrogens with one attached hydrogen (secondary N) is 2. The van der Waals surface area contributed by atoms with Crippen molar-refractivity contribution in [1.29, 1.82) is 0 Å². The van der Waals surface area contributed by atoms with Gasteiger partial charge in [0, 0.05) is 18.8 Å². The number of anilines is 1. The minimum absolute atomic E-state index is 0.0822. The van der Waals surface area contributed by atoms with Crippen LogP contribution in [0.3, 0.4) is 0 Å². The molecule has 5 heteroatoms. The van der Waals surface area contributed by atoms with Crippen LogP contribution in [0.15, 0.2) is 12.3 Å². The van der Waals surface area contributed by atoms with Crippen molar-refractivity contribution in [2.45, 2.75) is 38.6 Å². The number of rotatable bonds is 4. The van der Waals surface area contributed by atoms with Gasteiger partial charge in [-0.25, -0.2) is 9.37 Å². The lowest BCUT2D eigenvalue weighted by Gasteiger charge is -2.23. The van der Waals surface area contributed by atoms with E-state index in [-0.39, 0.29) is 23.3 Å². The van der Waals surface area contributed by atoms with Gasteiger partial charge in [0.05, 0.1) is 5.56 Å². The van der Waals surface area contributed by atoms with Crippen LogP contribution in [0, 0.1) is 17.7 Å². The average Bonchev–Trinajstić information content (AvgIpc) is 3.03. The van der Waals surface area contributed by atoms with E-state index in [0.29, 0.717) is 12.5 Å². The molecule has 20 heavy (non-hydrogen) atoms. The van der Waals surface area contributed by atoms with Crippen molar-refractivity contribution >= 4 is 11.7 Å². The molecule has 2 bridgehead atoms. The summed E-state index contributed by atoms with van der Waals surface area (Å²) in [5, 5.41) is 5.83. The summed E-state index contributed by atoms with van der Waals surface area (Å²) in [5.41, 5.74) is 0.0822. The van der Waals surface area contributed by atoms with E-state index in [1.54, 1.807) is 0 Å². The molecule has 2 N–H and O–H groups in total. The monoisotopic (exact) mass is 277 g/mol. The van der Waals surface area contributed by atoms with Crippen LogP contribution in [0.2, 0.25) is 0 Å². The number of carbonyl (C=O) groups is 1. The third-order valence-electron chi connectivity index (χ3n) is 4.53. The topological polar surface area (TPSA) is 54.0 Å². The zero-order valence-corrected chi connectivity index (χ0v) is 11.7. The van der Waals surface area contributed by atoms with Crippen LogP contribution in [0.4, 0.5) is 10.2 Å². The van der Waals surface area contributed by atoms with Crippen molar-refractivity contribution in [3.63, 3.8) is 0 Å². The summed E-state index contributed by atoms with van der Waals surface area (Å²) >= 11 is 0. The summed E-state index contributed by atoms with van der Waals surface area (Å²) < 4.78 is 14.2. The lowest BCUT2D eigenvalue weighted by atomic mass is 9.95. The molecule has 3 unspecified atom stereocenters. The van der Waals surface area contributed by atoms with Gasteiger partial charge in [0.15, 0.2) is 11.6 Å². The third kappa shape index (κ3) is 2.37. The first kappa shape index (κ1) is 13.3. The maximum atomic E-state index is 14.2. The average molecular weight is 277 g/mol. The Morgan fingerprint density at radius 3 is 2.95 bits per heavy atom. The molecule has 1 heterocycles. The molecule has 0 saturated heterocycles. The molecule has 0 spiro atoms. The molecule has 2 aliphatic carbocycles. The van der Waals surface area contributed by atoms with Gasteiger partial charge in [0.25, 0.3) is 5.91 Å². The summed E-state index contributed by atoms with van der Waals surface area (Å²) in [5.74, 6) is 0.608. The van der Waals surface area contributed by atoms with Crippen molar-refractivity contribution in [2.75, 3.05) is 11.9 Å². The Morgan fingerprint density at radius 1 is 1.45 bits per heavy atom. The van der Waals surface area contributed by atoms with Gasteiger partial charge in [0.2, 0.25) is 0 Å². The summed E-state index contributed by atoms with van der Waals surface area (Å²) in [6, 6.07) is 1.66. The zero-order chi connectivity index (χ0) is 14.1. The molecule has 1 aromatic heterocycles. The molecule has 4 nitrogen and oxygen atoms in total. The fraction of sp³-hybridized carbons (Fsp3) is 0.600. The van der Waals surface area contributed by atoms with Gasteiger partial charge in [0.1, 0.15) is 0 Å². The molecular weight excluding hydrogens is 257 g/mol. The van der Waals surface area contributed by atoms with E-state index in [4.69, 9.17) is 0 Å². The van der Waals surface area contributed by atoms with E-state index in [1.807, 2.05) is 6.92 Å². The molecule has 2 saturated carbocycles. The number of halogens is 1. The molecule has 2 fully saturated rings. The number of pyridine rings is 1. The van der Waals surface area contributed by atoms with Crippen LogP contribution in [0.5, 0.6) is 0 Å². The van der Waals surface area contributed by atoms with Gasteiger partial charge in [-0.2, -0.15) is 0 Å². The number of aromatic nitrogens is 1. The molecule has 3 atom stereocenters. The highest BCUT2D eigenvalue weighted by molar-refractivity contribution is 5.95. The van der Waals surface area contributed by atoms with Crippen molar-refractivity contribution < 1.29 is 9.18 Å². The number of carbonyl (C=O) groups excluding carboxylic acids is 1. The van der Waals surface area contributed by atoms with Crippen LogP contribution in [0.1, 0.15) is 43.0 Å². The molecule has 0 aliphatic heterocycles. The third-order valence-corrected chi connectivity index (χ3v) is 4.53. The van der Waals surface area contributed by atoms with Gasteiger partial charge in [-0.1, -0.05) is 6.42 Å². The molecule has 0 radical (unpaired) electrons. The summed E-state index contributed by atoms with van der Waals surface area (Å²) in [7, 11) is 0. The standard InChI is InChI=1S/C15H20FN3O/c1-2-17-14-13(16)11(5-6-18-14)15(20)19-12-8-9-3-4-10(12)7-9/h5-6,9-10,12H,2-4,7-8H2,1H3,(H,17,18)(H,19,20). The molecular formula is C15H20FN3O. The summed E-state index contributed by atoms with van der Waals surface area (Å²) in [6.45, 7) is 2.44. The number of amides is 1. The van der Waals surface area contributed by atoms with E-state index in [2.05, 4.69) is 15.6 Å². The van der Waals surface area contributed by atoms with Crippen LogP contribution in [0.25, 0.3) is 0 Å². The number of hydrogen-bond acceptors (Lipinski definition) is 3. The van der Waals surface area contributed by atoms with Gasteiger partial charge in [-0.3, -0.25) is 4.79 Å². The number of nitrogens with zero attached hydrogens (tertiary/aromatic N) is 1. The van der Waals surface area contributed by atoms with E-state index >= 15 is 0 Å². The Hall–Kier alpha value is -1.65. The van der Waals surface area contributed by atoms with Crippen molar-refractivity contribution in [3.8, 4) is 0 Å². The lowest BCUT2D eigenvalue weighted by Crippen LogP contribution is -2.38. The highest BCUT2D eigenvalue weighted by atomic mass is 19.1.